The summed E-state index contributed by atoms with van der Waals surface area (Å²) >= 11 is 12.1. The molecule has 1 N–H and O–H groups in total. The van der Waals surface area contributed by atoms with Crippen LogP contribution < -0.4 is 14.9 Å². The number of esters is 1. The normalized spacial score (nSPS) is 10.9. The molecule has 0 bridgehead atoms. The summed E-state index contributed by atoms with van der Waals surface area (Å²) in [4.78, 5) is 25.2. The maximum absolute atomic E-state index is 12.8. The van der Waals surface area contributed by atoms with Crippen molar-refractivity contribution in [1.82, 2.24) is 5.43 Å². The fourth-order valence-electron chi connectivity index (χ4n) is 3.27. The minimum Gasteiger partial charge on any atom is -0.497 e. The number of nitrogens with zero attached hydrogens (tertiary/aromatic N) is 1. The molecule has 0 aliphatic rings. The fourth-order valence-corrected chi connectivity index (χ4v) is 3.76. The number of benzene rings is 4. The molecule has 0 aromatic heterocycles. The fraction of sp³-hybridized carbons (Fsp3) is 0.0385. The lowest BCUT2D eigenvalue weighted by atomic mass is 10.0. The summed E-state index contributed by atoms with van der Waals surface area (Å²) in [5.41, 5.74) is 3.60. The van der Waals surface area contributed by atoms with Gasteiger partial charge in [-0.25, -0.2) is 10.2 Å². The minimum atomic E-state index is -0.645. The Labute approximate surface area is 205 Å². The zero-order chi connectivity index (χ0) is 24.1. The van der Waals surface area contributed by atoms with E-state index >= 15 is 0 Å². The van der Waals surface area contributed by atoms with Crippen molar-refractivity contribution in [1.29, 1.82) is 0 Å². The number of methoxy groups -OCH3 is 1. The van der Waals surface area contributed by atoms with Gasteiger partial charge in [-0.1, -0.05) is 53.5 Å². The van der Waals surface area contributed by atoms with Crippen LogP contribution in [0.1, 0.15) is 26.3 Å². The van der Waals surface area contributed by atoms with E-state index in [0.29, 0.717) is 21.9 Å². The predicted molar refractivity (Wildman–Crippen MR) is 133 cm³/mol. The molecule has 0 heterocycles. The van der Waals surface area contributed by atoms with Crippen molar-refractivity contribution in [2.45, 2.75) is 0 Å². The van der Waals surface area contributed by atoms with Gasteiger partial charge in [0.25, 0.3) is 5.91 Å². The van der Waals surface area contributed by atoms with Gasteiger partial charge in [0, 0.05) is 16.1 Å². The molecule has 0 saturated carbocycles. The van der Waals surface area contributed by atoms with Gasteiger partial charge in [-0.2, -0.15) is 5.10 Å². The highest BCUT2D eigenvalue weighted by Crippen LogP contribution is 2.29. The SMILES string of the molecule is COc1ccc(C(=O)N/N=C\c2c(OC(=O)c3ccc(Cl)cc3Cl)ccc3ccccc23)cc1. The summed E-state index contributed by atoms with van der Waals surface area (Å²) in [6.45, 7) is 0. The Morgan fingerprint density at radius 3 is 2.44 bits per heavy atom. The summed E-state index contributed by atoms with van der Waals surface area (Å²) < 4.78 is 10.7. The van der Waals surface area contributed by atoms with E-state index in [1.54, 1.807) is 43.5 Å². The van der Waals surface area contributed by atoms with Crippen LogP contribution in [0.4, 0.5) is 0 Å². The van der Waals surface area contributed by atoms with Crippen molar-refractivity contribution in [2.75, 3.05) is 7.11 Å². The molecule has 4 aromatic carbocycles. The van der Waals surface area contributed by atoms with E-state index in [1.807, 2.05) is 30.3 Å². The average Bonchev–Trinajstić information content (AvgIpc) is 2.85. The first-order valence-electron chi connectivity index (χ1n) is 10.1. The van der Waals surface area contributed by atoms with E-state index in [4.69, 9.17) is 32.7 Å². The number of fused-ring (bicyclic) bond motifs is 1. The Bertz CT molecular complexity index is 1400. The second-order valence-electron chi connectivity index (χ2n) is 7.14. The standard InChI is InChI=1S/C26H18Cl2N2O4/c1-33-19-10-6-17(7-11-19)25(31)30-29-15-22-20-5-3-2-4-16(20)8-13-24(22)34-26(32)21-12-9-18(27)14-23(21)28/h2-15H,1H3,(H,30,31)/b29-15-. The van der Waals surface area contributed by atoms with Crippen molar-refractivity contribution in [2.24, 2.45) is 5.10 Å². The monoisotopic (exact) mass is 492 g/mol. The molecule has 0 unspecified atom stereocenters. The van der Waals surface area contributed by atoms with Crippen LogP contribution in [0.3, 0.4) is 0 Å². The van der Waals surface area contributed by atoms with E-state index in [0.717, 1.165) is 10.8 Å². The van der Waals surface area contributed by atoms with Crippen molar-refractivity contribution >= 4 is 52.1 Å². The molecule has 4 rings (SSSR count). The van der Waals surface area contributed by atoms with Crippen LogP contribution in [0.25, 0.3) is 10.8 Å². The molecule has 6 nitrogen and oxygen atoms in total. The zero-order valence-corrected chi connectivity index (χ0v) is 19.4. The largest absolute Gasteiger partial charge is 0.497 e. The maximum Gasteiger partial charge on any atom is 0.345 e. The van der Waals surface area contributed by atoms with E-state index in [-0.39, 0.29) is 16.3 Å². The number of hydrazone groups is 1. The van der Waals surface area contributed by atoms with E-state index in [9.17, 15) is 9.59 Å². The summed E-state index contributed by atoms with van der Waals surface area (Å²) in [5.74, 6) is -0.139. The topological polar surface area (TPSA) is 77.0 Å². The van der Waals surface area contributed by atoms with Gasteiger partial charge in [-0.05, 0) is 59.3 Å². The van der Waals surface area contributed by atoms with Gasteiger partial charge in [0.05, 0.1) is 23.9 Å². The van der Waals surface area contributed by atoms with E-state index < -0.39 is 11.9 Å². The molecule has 0 saturated heterocycles. The number of amides is 1. The maximum atomic E-state index is 12.8. The summed E-state index contributed by atoms with van der Waals surface area (Å²) in [6.07, 6.45) is 1.44. The number of rotatable bonds is 6. The first-order valence-corrected chi connectivity index (χ1v) is 10.9. The van der Waals surface area contributed by atoms with Crippen molar-refractivity contribution in [3.63, 3.8) is 0 Å². The Morgan fingerprint density at radius 1 is 0.941 bits per heavy atom. The first kappa shape index (κ1) is 23.3. The van der Waals surface area contributed by atoms with E-state index in [2.05, 4.69) is 10.5 Å². The predicted octanol–water partition coefficient (Wildman–Crippen LogP) is 6.14. The number of hydrogen-bond donors (Lipinski definition) is 1. The third kappa shape index (κ3) is 5.20. The van der Waals surface area contributed by atoms with Crippen molar-refractivity contribution in [3.05, 3.63) is 106 Å². The van der Waals surface area contributed by atoms with Crippen molar-refractivity contribution < 1.29 is 19.1 Å². The average molecular weight is 493 g/mol. The van der Waals surface area contributed by atoms with Crippen LogP contribution in [0.5, 0.6) is 11.5 Å². The van der Waals surface area contributed by atoms with Gasteiger partial charge < -0.3 is 9.47 Å². The van der Waals surface area contributed by atoms with Crippen LogP contribution in [0.2, 0.25) is 10.0 Å². The summed E-state index contributed by atoms with van der Waals surface area (Å²) in [5, 5.41) is 6.38. The number of halogens is 2. The van der Waals surface area contributed by atoms with E-state index in [1.165, 1.54) is 18.3 Å². The highest BCUT2D eigenvalue weighted by Gasteiger charge is 2.16. The molecule has 8 heteroatoms. The molecule has 1 amide bonds. The number of carbonyl (C=O) groups is 2. The molecule has 0 atom stereocenters. The van der Waals surface area contributed by atoms with Crippen molar-refractivity contribution in [3.8, 4) is 11.5 Å². The molecule has 0 aliphatic carbocycles. The van der Waals surface area contributed by atoms with Crippen LogP contribution in [-0.2, 0) is 0 Å². The van der Waals surface area contributed by atoms with Gasteiger partial charge in [0.2, 0.25) is 0 Å². The number of nitrogens with one attached hydrogen (secondary N) is 1. The Balaban J connectivity index is 1.61. The van der Waals surface area contributed by atoms with Gasteiger partial charge in [-0.3, -0.25) is 4.79 Å². The molecule has 170 valence electrons. The molecule has 0 spiro atoms. The lowest BCUT2D eigenvalue weighted by molar-refractivity contribution is 0.0734. The highest BCUT2D eigenvalue weighted by atomic mass is 35.5. The lowest BCUT2D eigenvalue weighted by Gasteiger charge is -2.11. The van der Waals surface area contributed by atoms with Gasteiger partial charge in [-0.15, -0.1) is 0 Å². The molecule has 0 fully saturated rings. The molecule has 34 heavy (non-hydrogen) atoms. The van der Waals surface area contributed by atoms with Crippen LogP contribution >= 0.6 is 23.2 Å². The number of hydrogen-bond acceptors (Lipinski definition) is 5. The number of ether oxygens (including phenoxy) is 2. The van der Waals surface area contributed by atoms with Gasteiger partial charge >= 0.3 is 5.97 Å². The second kappa shape index (κ2) is 10.4. The molecule has 0 radical (unpaired) electrons. The quantitative estimate of drug-likeness (QED) is 0.152. The number of carbonyl (C=O) groups excluding carboxylic acids is 2. The Hall–Kier alpha value is -3.87. The molecule has 4 aromatic rings. The minimum absolute atomic E-state index is 0.176. The van der Waals surface area contributed by atoms with Crippen LogP contribution in [-0.4, -0.2) is 25.2 Å². The van der Waals surface area contributed by atoms with Crippen LogP contribution in [0.15, 0.2) is 84.0 Å². The smallest absolute Gasteiger partial charge is 0.345 e. The van der Waals surface area contributed by atoms with Gasteiger partial charge in [0.15, 0.2) is 0 Å². The third-order valence-electron chi connectivity index (χ3n) is 5.00. The second-order valence-corrected chi connectivity index (χ2v) is 7.98. The Kier molecular flexibility index (Phi) is 7.11. The van der Waals surface area contributed by atoms with Gasteiger partial charge in [0.1, 0.15) is 11.5 Å². The first-order chi connectivity index (χ1) is 16.5. The summed E-state index contributed by atoms with van der Waals surface area (Å²) in [7, 11) is 1.55. The third-order valence-corrected chi connectivity index (χ3v) is 5.54. The van der Waals surface area contributed by atoms with Crippen LogP contribution in [0, 0.1) is 0 Å². The highest BCUT2D eigenvalue weighted by molar-refractivity contribution is 6.36. The lowest BCUT2D eigenvalue weighted by Crippen LogP contribution is -2.17. The molecular formula is C26H18Cl2N2O4. The molecule has 0 aliphatic heterocycles. The molecular weight excluding hydrogens is 475 g/mol. The zero-order valence-electron chi connectivity index (χ0n) is 17.9. The summed E-state index contributed by atoms with van der Waals surface area (Å²) in [6, 6.07) is 22.2. The Morgan fingerprint density at radius 2 is 1.71 bits per heavy atom.